The number of hydrogen-bond donors (Lipinski definition) is 0. The Kier molecular flexibility index (Phi) is 7.83. The van der Waals surface area contributed by atoms with Crippen LogP contribution in [0.5, 0.6) is 0 Å². The molecular weight excluding hydrogens is 380 g/mol. The third kappa shape index (κ3) is 6.82. The molecule has 1 aromatic rings. The van der Waals surface area contributed by atoms with E-state index in [1.165, 1.54) is 76.2 Å². The minimum Gasteiger partial charge on any atom is -0.261 e. The van der Waals surface area contributed by atoms with E-state index >= 15 is 0 Å². The summed E-state index contributed by atoms with van der Waals surface area (Å²) in [5.74, 6) is 2.67. The van der Waals surface area contributed by atoms with Gasteiger partial charge >= 0.3 is 0 Å². The molecule has 0 saturated heterocycles. The number of aryl methyl sites for hydroxylation is 1. The van der Waals surface area contributed by atoms with Gasteiger partial charge in [0.1, 0.15) is 0 Å². The van der Waals surface area contributed by atoms with Gasteiger partial charge in [-0.25, -0.2) is 0 Å². The van der Waals surface area contributed by atoms with Crippen molar-refractivity contribution in [2.24, 2.45) is 17.8 Å². The quantitative estimate of drug-likeness (QED) is 0.451. The van der Waals surface area contributed by atoms with E-state index < -0.39 is 15.7 Å². The molecule has 0 radical (unpaired) electrons. The Labute approximate surface area is 178 Å². The van der Waals surface area contributed by atoms with Crippen LogP contribution in [0.4, 0.5) is 0 Å². The molecule has 0 aliphatic heterocycles. The molecule has 0 aromatic heterocycles. The van der Waals surface area contributed by atoms with Crippen molar-refractivity contribution in [2.75, 3.05) is 0 Å². The summed E-state index contributed by atoms with van der Waals surface area (Å²) in [6, 6.07) is 7.40. The van der Waals surface area contributed by atoms with Gasteiger partial charge in [0.25, 0.3) is 10.1 Å². The smallest absolute Gasteiger partial charge is 0.261 e. The molecule has 0 bridgehead atoms. The molecule has 2 aliphatic rings. The van der Waals surface area contributed by atoms with E-state index in [1.54, 1.807) is 32.9 Å². The number of benzene rings is 1. The summed E-state index contributed by atoms with van der Waals surface area (Å²) in [6.07, 6.45) is 16.5. The summed E-state index contributed by atoms with van der Waals surface area (Å²) in [6.45, 7) is 5.28. The molecular formula is C25H40O3S. The SMILES string of the molecule is CC(C)(C)OS(=O)(=O)c1ccc(CCC(C2CCCCC2)C2CCCCC2)cc1. The first-order chi connectivity index (χ1) is 13.7. The third-order valence-electron chi connectivity index (χ3n) is 6.85. The molecule has 3 rings (SSSR count). The molecule has 4 heteroatoms. The highest BCUT2D eigenvalue weighted by Gasteiger charge is 2.31. The summed E-state index contributed by atoms with van der Waals surface area (Å²) in [7, 11) is -3.70. The summed E-state index contributed by atoms with van der Waals surface area (Å²) < 4.78 is 30.1. The van der Waals surface area contributed by atoms with E-state index in [9.17, 15) is 8.42 Å². The van der Waals surface area contributed by atoms with Gasteiger partial charge < -0.3 is 0 Å². The van der Waals surface area contributed by atoms with Crippen LogP contribution < -0.4 is 0 Å². The molecule has 0 unspecified atom stereocenters. The minimum atomic E-state index is -3.70. The van der Waals surface area contributed by atoms with Gasteiger partial charge in [0.15, 0.2) is 0 Å². The predicted octanol–water partition coefficient (Wildman–Crippen LogP) is 6.90. The fraction of sp³-hybridized carbons (Fsp3) is 0.760. The lowest BCUT2D eigenvalue weighted by Gasteiger charge is -2.38. The Morgan fingerprint density at radius 1 is 0.862 bits per heavy atom. The summed E-state index contributed by atoms with van der Waals surface area (Å²) in [4.78, 5) is 0.257. The first-order valence-electron chi connectivity index (χ1n) is 11.8. The largest absolute Gasteiger partial charge is 0.297 e. The van der Waals surface area contributed by atoms with Gasteiger partial charge in [0.2, 0.25) is 0 Å². The van der Waals surface area contributed by atoms with E-state index in [1.807, 2.05) is 12.1 Å². The van der Waals surface area contributed by atoms with Crippen molar-refractivity contribution < 1.29 is 12.6 Å². The molecule has 2 aliphatic carbocycles. The average Bonchev–Trinajstić information content (AvgIpc) is 2.68. The fourth-order valence-electron chi connectivity index (χ4n) is 5.51. The van der Waals surface area contributed by atoms with Crippen molar-refractivity contribution in [1.82, 2.24) is 0 Å². The predicted molar refractivity (Wildman–Crippen MR) is 119 cm³/mol. The average molecular weight is 421 g/mol. The zero-order valence-electron chi connectivity index (χ0n) is 18.7. The summed E-state index contributed by atoms with van der Waals surface area (Å²) in [5, 5.41) is 0. The molecule has 164 valence electrons. The Hall–Kier alpha value is -0.870. The Morgan fingerprint density at radius 2 is 1.34 bits per heavy atom. The second-order valence-electron chi connectivity index (χ2n) is 10.3. The molecule has 1 aromatic carbocycles. The zero-order valence-corrected chi connectivity index (χ0v) is 19.5. The Bertz CT molecular complexity index is 700. The summed E-state index contributed by atoms with van der Waals surface area (Å²) >= 11 is 0. The summed E-state index contributed by atoms with van der Waals surface area (Å²) in [5.41, 5.74) is 0.529. The van der Waals surface area contributed by atoms with Crippen LogP contribution in [0.25, 0.3) is 0 Å². The van der Waals surface area contributed by atoms with Crippen LogP contribution >= 0.6 is 0 Å². The van der Waals surface area contributed by atoms with Gasteiger partial charge in [-0.1, -0.05) is 76.3 Å². The van der Waals surface area contributed by atoms with Crippen LogP contribution in [-0.2, 0) is 20.7 Å². The molecule has 2 fully saturated rings. The number of hydrogen-bond acceptors (Lipinski definition) is 3. The van der Waals surface area contributed by atoms with Crippen molar-refractivity contribution in [1.29, 1.82) is 0 Å². The van der Waals surface area contributed by atoms with Crippen molar-refractivity contribution >= 4 is 10.1 Å². The molecule has 0 spiro atoms. The molecule has 0 N–H and O–H groups in total. The normalized spacial score (nSPS) is 20.3. The van der Waals surface area contributed by atoms with Gasteiger partial charge in [-0.15, -0.1) is 0 Å². The van der Waals surface area contributed by atoms with Crippen LogP contribution in [0.3, 0.4) is 0 Å². The molecule has 3 nitrogen and oxygen atoms in total. The van der Waals surface area contributed by atoms with Gasteiger partial charge in [0.05, 0.1) is 10.5 Å². The highest BCUT2D eigenvalue weighted by molar-refractivity contribution is 7.86. The van der Waals surface area contributed by atoms with Gasteiger partial charge in [0, 0.05) is 0 Å². The maximum absolute atomic E-state index is 12.4. The van der Waals surface area contributed by atoms with Crippen LogP contribution in [0.15, 0.2) is 29.2 Å². The fourth-order valence-corrected chi connectivity index (χ4v) is 6.74. The molecule has 0 amide bonds. The second kappa shape index (κ2) is 9.96. The third-order valence-corrected chi connectivity index (χ3v) is 8.42. The van der Waals surface area contributed by atoms with Gasteiger partial charge in [-0.2, -0.15) is 8.42 Å². The maximum atomic E-state index is 12.4. The van der Waals surface area contributed by atoms with Crippen LogP contribution in [-0.4, -0.2) is 14.0 Å². The Morgan fingerprint density at radius 3 is 1.79 bits per heavy atom. The second-order valence-corrected chi connectivity index (χ2v) is 11.8. The van der Waals surface area contributed by atoms with Crippen LogP contribution in [0.2, 0.25) is 0 Å². The van der Waals surface area contributed by atoms with E-state index in [0.29, 0.717) is 0 Å². The zero-order chi connectivity index (χ0) is 20.9. The van der Waals surface area contributed by atoms with Crippen molar-refractivity contribution in [3.05, 3.63) is 29.8 Å². The van der Waals surface area contributed by atoms with Crippen LogP contribution in [0.1, 0.15) is 97.0 Å². The number of rotatable bonds is 7. The van der Waals surface area contributed by atoms with E-state index in [-0.39, 0.29) is 4.90 Å². The Balaban J connectivity index is 1.64. The van der Waals surface area contributed by atoms with Gasteiger partial charge in [-0.3, -0.25) is 4.18 Å². The molecule has 0 heterocycles. The minimum absolute atomic E-state index is 0.257. The monoisotopic (exact) mass is 420 g/mol. The van der Waals surface area contributed by atoms with Gasteiger partial charge in [-0.05, 0) is 69.1 Å². The maximum Gasteiger partial charge on any atom is 0.297 e. The van der Waals surface area contributed by atoms with Crippen molar-refractivity contribution in [2.45, 2.75) is 108 Å². The first kappa shape index (κ1) is 22.8. The lowest BCUT2D eigenvalue weighted by molar-refractivity contribution is 0.135. The molecule has 0 atom stereocenters. The van der Waals surface area contributed by atoms with Crippen molar-refractivity contribution in [3.8, 4) is 0 Å². The van der Waals surface area contributed by atoms with E-state index in [0.717, 1.165) is 24.2 Å². The van der Waals surface area contributed by atoms with E-state index in [2.05, 4.69) is 0 Å². The highest BCUT2D eigenvalue weighted by Crippen LogP contribution is 2.42. The first-order valence-corrected chi connectivity index (χ1v) is 13.2. The molecule has 29 heavy (non-hydrogen) atoms. The van der Waals surface area contributed by atoms with E-state index in [4.69, 9.17) is 4.18 Å². The lowest BCUT2D eigenvalue weighted by Crippen LogP contribution is -2.27. The topological polar surface area (TPSA) is 43.4 Å². The molecule has 2 saturated carbocycles. The highest BCUT2D eigenvalue weighted by atomic mass is 32.2. The van der Waals surface area contributed by atoms with Crippen molar-refractivity contribution in [3.63, 3.8) is 0 Å². The lowest BCUT2D eigenvalue weighted by atomic mass is 9.68. The standard InChI is InChI=1S/C25H40O3S/c1-25(2,3)28-29(26,27)23-17-14-20(15-18-23)16-19-24(21-10-6-4-7-11-21)22-12-8-5-9-13-22/h14-15,17-18,21-22,24H,4-13,16,19H2,1-3H3. The van der Waals surface area contributed by atoms with Crippen LogP contribution in [0, 0.1) is 17.8 Å².